The van der Waals surface area contributed by atoms with Crippen molar-refractivity contribution >= 4 is 23.8 Å². The van der Waals surface area contributed by atoms with E-state index >= 15 is 0 Å². The SMILES string of the molecule is C#CCC1(C(=O)OCc2cnc(C)c(O)c2COC(=O)C2(CC#C)CCN(C(C)=O)CC2)CCN(C(C)=O)CC1. The van der Waals surface area contributed by atoms with Crippen LogP contribution >= 0.6 is 0 Å². The van der Waals surface area contributed by atoms with Crippen LogP contribution in [0.1, 0.15) is 69.2 Å². The molecule has 10 nitrogen and oxygen atoms in total. The van der Waals surface area contributed by atoms with Gasteiger partial charge in [0, 0.05) is 70.2 Å². The molecule has 2 saturated heterocycles. The number of nitrogens with zero attached hydrogens (tertiary/aromatic N) is 3. The third-order valence-corrected chi connectivity index (χ3v) is 8.22. The first-order valence-corrected chi connectivity index (χ1v) is 13.4. The van der Waals surface area contributed by atoms with E-state index in [-0.39, 0.29) is 49.2 Å². The minimum absolute atomic E-state index is 0.0588. The Bertz CT molecular complexity index is 1230. The fourth-order valence-corrected chi connectivity index (χ4v) is 5.35. The van der Waals surface area contributed by atoms with Gasteiger partial charge in [-0.15, -0.1) is 24.7 Å². The number of terminal acetylenes is 2. The monoisotopic (exact) mass is 551 g/mol. The van der Waals surface area contributed by atoms with E-state index in [1.807, 2.05) is 0 Å². The molecule has 0 radical (unpaired) electrons. The van der Waals surface area contributed by atoms with Crippen LogP contribution in [-0.2, 0) is 41.9 Å². The Hall–Kier alpha value is -4.05. The van der Waals surface area contributed by atoms with Crippen LogP contribution in [0.5, 0.6) is 5.75 Å². The number of aromatic nitrogens is 1. The number of carbonyl (C=O) groups excluding carboxylic acids is 4. The van der Waals surface area contributed by atoms with Crippen molar-refractivity contribution in [3.63, 3.8) is 0 Å². The summed E-state index contributed by atoms with van der Waals surface area (Å²) in [6, 6.07) is 0. The Balaban J connectivity index is 1.73. The van der Waals surface area contributed by atoms with Crippen LogP contribution < -0.4 is 0 Å². The van der Waals surface area contributed by atoms with Crippen molar-refractivity contribution in [2.24, 2.45) is 10.8 Å². The fourth-order valence-electron chi connectivity index (χ4n) is 5.35. The number of pyridine rings is 1. The predicted molar refractivity (Wildman–Crippen MR) is 145 cm³/mol. The van der Waals surface area contributed by atoms with Gasteiger partial charge in [0.2, 0.25) is 11.8 Å². The zero-order valence-electron chi connectivity index (χ0n) is 23.5. The standard InChI is InChI=1S/C30H37N3O7/c1-6-8-29(10-14-32(15-11-29)22(4)34)27(37)39-19-24-18-31-21(3)26(36)25(24)20-40-28(38)30(9-7-2)12-16-33(17-13-30)23(5)35/h1-2,18,36H,8-17,19-20H2,3-5H3. The minimum atomic E-state index is -0.929. The van der Waals surface area contributed by atoms with Gasteiger partial charge in [0.1, 0.15) is 19.0 Å². The van der Waals surface area contributed by atoms with Gasteiger partial charge >= 0.3 is 11.9 Å². The molecule has 2 aliphatic rings. The summed E-state index contributed by atoms with van der Waals surface area (Å²) in [5, 5.41) is 10.8. The summed E-state index contributed by atoms with van der Waals surface area (Å²) in [6.45, 7) is 5.71. The van der Waals surface area contributed by atoms with Crippen molar-refractivity contribution in [3.8, 4) is 30.4 Å². The summed E-state index contributed by atoms with van der Waals surface area (Å²) in [7, 11) is 0. The third-order valence-electron chi connectivity index (χ3n) is 8.22. The third kappa shape index (κ3) is 6.56. The molecular weight excluding hydrogens is 514 g/mol. The number of aryl methyl sites for hydroxylation is 1. The number of ether oxygens (including phenoxy) is 2. The molecule has 0 bridgehead atoms. The molecule has 214 valence electrons. The smallest absolute Gasteiger partial charge is 0.313 e. The summed E-state index contributed by atoms with van der Waals surface area (Å²) < 4.78 is 11.4. The van der Waals surface area contributed by atoms with Gasteiger partial charge < -0.3 is 24.4 Å². The summed E-state index contributed by atoms with van der Waals surface area (Å²) in [5.74, 6) is 3.86. The van der Waals surface area contributed by atoms with Gasteiger partial charge in [-0.25, -0.2) is 0 Å². The highest BCUT2D eigenvalue weighted by molar-refractivity contribution is 5.80. The Morgan fingerprint density at radius 2 is 1.30 bits per heavy atom. The van der Waals surface area contributed by atoms with Crippen molar-refractivity contribution < 1.29 is 33.8 Å². The zero-order chi connectivity index (χ0) is 29.5. The Morgan fingerprint density at radius 3 is 1.70 bits per heavy atom. The maximum absolute atomic E-state index is 13.3. The highest BCUT2D eigenvalue weighted by Crippen LogP contribution is 2.38. The van der Waals surface area contributed by atoms with E-state index in [9.17, 15) is 24.3 Å². The lowest BCUT2D eigenvalue weighted by atomic mass is 9.76. The van der Waals surface area contributed by atoms with Crippen LogP contribution in [0.15, 0.2) is 6.20 Å². The fraction of sp³-hybridized carbons (Fsp3) is 0.567. The lowest BCUT2D eigenvalue weighted by molar-refractivity contribution is -0.162. The molecule has 3 rings (SSSR count). The number of piperidine rings is 2. The van der Waals surface area contributed by atoms with E-state index in [1.54, 1.807) is 16.7 Å². The number of hydrogen-bond acceptors (Lipinski definition) is 8. The first-order chi connectivity index (χ1) is 19.0. The number of esters is 2. The van der Waals surface area contributed by atoms with Crippen molar-refractivity contribution in [1.82, 2.24) is 14.8 Å². The molecule has 10 heteroatoms. The molecular formula is C30H37N3O7. The molecule has 0 aromatic carbocycles. The normalized spacial score (nSPS) is 17.7. The molecule has 2 fully saturated rings. The molecule has 0 aliphatic carbocycles. The maximum Gasteiger partial charge on any atom is 0.313 e. The second kappa shape index (κ2) is 12.9. The lowest BCUT2D eigenvalue weighted by Crippen LogP contribution is -2.46. The van der Waals surface area contributed by atoms with Gasteiger partial charge in [-0.3, -0.25) is 24.2 Å². The van der Waals surface area contributed by atoms with Crippen molar-refractivity contribution in [2.45, 2.75) is 72.5 Å². The largest absolute Gasteiger partial charge is 0.506 e. The number of aromatic hydroxyl groups is 1. The number of carbonyl (C=O) groups is 4. The topological polar surface area (TPSA) is 126 Å². The average Bonchev–Trinajstić information content (AvgIpc) is 2.93. The highest BCUT2D eigenvalue weighted by Gasteiger charge is 2.44. The molecule has 1 aromatic rings. The summed E-state index contributed by atoms with van der Waals surface area (Å²) >= 11 is 0. The predicted octanol–water partition coefficient (Wildman–Crippen LogP) is 2.49. The van der Waals surface area contributed by atoms with Crippen LogP contribution in [0.3, 0.4) is 0 Å². The van der Waals surface area contributed by atoms with E-state index in [4.69, 9.17) is 22.3 Å². The van der Waals surface area contributed by atoms with Gasteiger partial charge in [-0.2, -0.15) is 0 Å². The van der Waals surface area contributed by atoms with Crippen LogP contribution in [0.2, 0.25) is 0 Å². The van der Waals surface area contributed by atoms with Gasteiger partial charge in [-0.1, -0.05) is 0 Å². The Morgan fingerprint density at radius 1 is 0.875 bits per heavy atom. The molecule has 2 amide bonds. The van der Waals surface area contributed by atoms with Crippen LogP contribution in [0.4, 0.5) is 0 Å². The molecule has 2 aliphatic heterocycles. The molecule has 0 unspecified atom stereocenters. The van der Waals surface area contributed by atoms with Gasteiger partial charge in [0.05, 0.1) is 16.5 Å². The molecule has 40 heavy (non-hydrogen) atoms. The lowest BCUT2D eigenvalue weighted by Gasteiger charge is -2.38. The van der Waals surface area contributed by atoms with E-state index in [0.717, 1.165) is 0 Å². The highest BCUT2D eigenvalue weighted by atomic mass is 16.5. The van der Waals surface area contributed by atoms with E-state index in [2.05, 4.69) is 16.8 Å². The zero-order valence-corrected chi connectivity index (χ0v) is 23.5. The van der Waals surface area contributed by atoms with E-state index < -0.39 is 22.8 Å². The number of rotatable bonds is 8. The molecule has 0 saturated carbocycles. The average molecular weight is 552 g/mol. The van der Waals surface area contributed by atoms with Gasteiger partial charge in [0.25, 0.3) is 0 Å². The summed E-state index contributed by atoms with van der Waals surface area (Å²) in [5.41, 5.74) is -0.845. The first kappa shape index (κ1) is 30.5. The second-order valence-electron chi connectivity index (χ2n) is 10.7. The Labute approximate surface area is 235 Å². The maximum atomic E-state index is 13.3. The van der Waals surface area contributed by atoms with Crippen LogP contribution in [-0.4, -0.2) is 69.8 Å². The number of amides is 2. The molecule has 1 aromatic heterocycles. The summed E-state index contributed by atoms with van der Waals surface area (Å²) in [6.07, 6.45) is 14.5. The molecule has 0 atom stereocenters. The van der Waals surface area contributed by atoms with Gasteiger partial charge in [0.15, 0.2) is 0 Å². The second-order valence-corrected chi connectivity index (χ2v) is 10.7. The van der Waals surface area contributed by atoms with E-state index in [0.29, 0.717) is 63.1 Å². The van der Waals surface area contributed by atoms with Gasteiger partial charge in [-0.05, 0) is 32.6 Å². The molecule has 3 heterocycles. The van der Waals surface area contributed by atoms with Crippen LogP contribution in [0.25, 0.3) is 0 Å². The quantitative estimate of drug-likeness (QED) is 0.386. The summed E-state index contributed by atoms with van der Waals surface area (Å²) in [4.78, 5) is 57.5. The van der Waals surface area contributed by atoms with Crippen molar-refractivity contribution in [1.29, 1.82) is 0 Å². The van der Waals surface area contributed by atoms with Crippen molar-refractivity contribution in [2.75, 3.05) is 26.2 Å². The van der Waals surface area contributed by atoms with E-state index in [1.165, 1.54) is 20.0 Å². The molecule has 0 spiro atoms. The number of likely N-dealkylation sites (tertiary alicyclic amines) is 2. The first-order valence-electron chi connectivity index (χ1n) is 13.4. The Kier molecular flexibility index (Phi) is 9.81. The minimum Gasteiger partial charge on any atom is -0.506 e. The van der Waals surface area contributed by atoms with Crippen molar-refractivity contribution in [3.05, 3.63) is 23.0 Å². The number of hydrogen-bond donors (Lipinski definition) is 1. The molecule has 1 N–H and O–H groups in total. The van der Waals surface area contributed by atoms with Crippen LogP contribution in [0, 0.1) is 42.4 Å².